The molecule has 96 valence electrons. The number of hydrogen-bond donors (Lipinski definition) is 1. The highest BCUT2D eigenvalue weighted by Gasteiger charge is 2.24. The molecule has 3 nitrogen and oxygen atoms in total. The molecule has 0 spiro atoms. The van der Waals surface area contributed by atoms with Gasteiger partial charge in [0.15, 0.2) is 0 Å². The van der Waals surface area contributed by atoms with E-state index in [9.17, 15) is 0 Å². The van der Waals surface area contributed by atoms with Crippen LogP contribution in [0.5, 0.6) is 0 Å². The highest BCUT2D eigenvalue weighted by atomic mass is 16.3. The number of piperidine rings is 1. The van der Waals surface area contributed by atoms with Crippen molar-refractivity contribution in [2.75, 3.05) is 39.8 Å². The van der Waals surface area contributed by atoms with E-state index in [1.165, 1.54) is 32.5 Å². The van der Waals surface area contributed by atoms with Gasteiger partial charge in [-0.15, -0.1) is 0 Å². The molecule has 0 aromatic carbocycles. The topological polar surface area (TPSA) is 26.7 Å². The Labute approximate surface area is 100 Å². The van der Waals surface area contributed by atoms with Crippen LogP contribution in [0.2, 0.25) is 0 Å². The zero-order valence-corrected chi connectivity index (χ0v) is 11.4. The predicted molar refractivity (Wildman–Crippen MR) is 68.6 cm³/mol. The summed E-state index contributed by atoms with van der Waals surface area (Å²) in [6.45, 7) is 11.6. The van der Waals surface area contributed by atoms with Crippen LogP contribution in [0.1, 0.15) is 33.6 Å². The quantitative estimate of drug-likeness (QED) is 0.788. The van der Waals surface area contributed by atoms with Crippen LogP contribution in [0.25, 0.3) is 0 Å². The van der Waals surface area contributed by atoms with Crippen LogP contribution in [0.4, 0.5) is 0 Å². The van der Waals surface area contributed by atoms with E-state index >= 15 is 0 Å². The van der Waals surface area contributed by atoms with Crippen LogP contribution in [0, 0.1) is 5.41 Å². The predicted octanol–water partition coefficient (Wildman–Crippen LogP) is 1.42. The monoisotopic (exact) mass is 228 g/mol. The van der Waals surface area contributed by atoms with Gasteiger partial charge in [0.25, 0.3) is 0 Å². The Balaban J connectivity index is 2.28. The van der Waals surface area contributed by atoms with E-state index in [-0.39, 0.29) is 6.61 Å². The van der Waals surface area contributed by atoms with Gasteiger partial charge in [-0.05, 0) is 38.4 Å². The lowest BCUT2D eigenvalue weighted by molar-refractivity contribution is 0.0921. The first kappa shape index (κ1) is 13.9. The van der Waals surface area contributed by atoms with Crippen LogP contribution >= 0.6 is 0 Å². The van der Waals surface area contributed by atoms with Crippen molar-refractivity contribution >= 4 is 0 Å². The smallest absolute Gasteiger partial charge is 0.0558 e. The van der Waals surface area contributed by atoms with Gasteiger partial charge in [-0.1, -0.05) is 20.8 Å². The molecule has 16 heavy (non-hydrogen) atoms. The van der Waals surface area contributed by atoms with E-state index in [2.05, 4.69) is 37.6 Å². The van der Waals surface area contributed by atoms with Gasteiger partial charge in [-0.3, -0.25) is 0 Å². The summed E-state index contributed by atoms with van der Waals surface area (Å²) in [7, 11) is 2.13. The second-order valence-corrected chi connectivity index (χ2v) is 6.27. The second-order valence-electron chi connectivity index (χ2n) is 6.27. The molecule has 1 aliphatic heterocycles. The minimum atomic E-state index is 0.276. The molecule has 0 unspecified atom stereocenters. The first-order valence-electron chi connectivity index (χ1n) is 6.46. The van der Waals surface area contributed by atoms with Crippen LogP contribution in [0.15, 0.2) is 0 Å². The second kappa shape index (κ2) is 5.99. The van der Waals surface area contributed by atoms with Crippen LogP contribution in [-0.2, 0) is 0 Å². The van der Waals surface area contributed by atoms with Crippen LogP contribution in [0.3, 0.4) is 0 Å². The molecule has 0 radical (unpaired) electrons. The molecule has 0 aromatic heterocycles. The average Bonchev–Trinajstić information content (AvgIpc) is 2.16. The maximum atomic E-state index is 8.92. The fraction of sp³-hybridized carbons (Fsp3) is 1.00. The van der Waals surface area contributed by atoms with Crippen molar-refractivity contribution < 1.29 is 5.11 Å². The van der Waals surface area contributed by atoms with E-state index in [4.69, 9.17) is 5.11 Å². The highest BCUT2D eigenvalue weighted by molar-refractivity contribution is 4.80. The lowest BCUT2D eigenvalue weighted by atomic mass is 9.94. The molecule has 1 N–H and O–H groups in total. The van der Waals surface area contributed by atoms with Crippen molar-refractivity contribution in [1.29, 1.82) is 0 Å². The summed E-state index contributed by atoms with van der Waals surface area (Å²) in [5.74, 6) is 0. The lowest BCUT2D eigenvalue weighted by Crippen LogP contribution is -2.46. The molecule has 1 saturated heterocycles. The summed E-state index contributed by atoms with van der Waals surface area (Å²) >= 11 is 0. The average molecular weight is 228 g/mol. The van der Waals surface area contributed by atoms with Crippen molar-refractivity contribution in [2.45, 2.75) is 39.7 Å². The molecule has 1 aliphatic rings. The van der Waals surface area contributed by atoms with Crippen molar-refractivity contribution in [3.8, 4) is 0 Å². The largest absolute Gasteiger partial charge is 0.395 e. The van der Waals surface area contributed by atoms with Gasteiger partial charge < -0.3 is 14.9 Å². The number of rotatable bonds is 4. The Bertz CT molecular complexity index is 193. The minimum Gasteiger partial charge on any atom is -0.395 e. The highest BCUT2D eigenvalue weighted by Crippen LogP contribution is 2.20. The molecular formula is C13H28N2O. The van der Waals surface area contributed by atoms with Gasteiger partial charge in [0, 0.05) is 19.1 Å². The van der Waals surface area contributed by atoms with E-state index in [0.717, 1.165) is 6.54 Å². The summed E-state index contributed by atoms with van der Waals surface area (Å²) in [4.78, 5) is 4.87. The molecule has 0 aromatic rings. The molecular weight excluding hydrogens is 200 g/mol. The van der Waals surface area contributed by atoms with Crippen molar-refractivity contribution in [2.24, 2.45) is 5.41 Å². The van der Waals surface area contributed by atoms with E-state index in [0.29, 0.717) is 11.5 Å². The van der Waals surface area contributed by atoms with Crippen molar-refractivity contribution in [3.63, 3.8) is 0 Å². The third-order valence-electron chi connectivity index (χ3n) is 3.33. The summed E-state index contributed by atoms with van der Waals surface area (Å²) in [5.41, 5.74) is 0.407. The van der Waals surface area contributed by atoms with Crippen LogP contribution in [-0.4, -0.2) is 60.8 Å². The first-order chi connectivity index (χ1) is 7.42. The summed E-state index contributed by atoms with van der Waals surface area (Å²) in [6.07, 6.45) is 2.49. The number of aliphatic hydroxyl groups is 1. The Morgan fingerprint density at radius 1 is 1.25 bits per heavy atom. The standard InChI is InChI=1S/C13H28N2O/c1-13(2,3)11-15-7-5-12(6-8-15)14(4)9-10-16/h12,16H,5-11H2,1-4H3. The third-order valence-corrected chi connectivity index (χ3v) is 3.33. The van der Waals surface area contributed by atoms with Gasteiger partial charge in [-0.25, -0.2) is 0 Å². The van der Waals surface area contributed by atoms with Gasteiger partial charge in [-0.2, -0.15) is 0 Å². The number of nitrogens with zero attached hydrogens (tertiary/aromatic N) is 2. The number of hydrogen-bond acceptors (Lipinski definition) is 3. The molecule has 0 amide bonds. The normalized spacial score (nSPS) is 20.6. The molecule has 0 aliphatic carbocycles. The van der Waals surface area contributed by atoms with Gasteiger partial charge >= 0.3 is 0 Å². The van der Waals surface area contributed by atoms with Crippen LogP contribution < -0.4 is 0 Å². The molecule has 1 rings (SSSR count). The fourth-order valence-corrected chi connectivity index (χ4v) is 2.53. The van der Waals surface area contributed by atoms with E-state index in [1.54, 1.807) is 0 Å². The lowest BCUT2D eigenvalue weighted by Gasteiger charge is -2.39. The SMILES string of the molecule is CN(CCO)C1CCN(CC(C)(C)C)CC1. The number of aliphatic hydroxyl groups excluding tert-OH is 1. The Morgan fingerprint density at radius 3 is 2.25 bits per heavy atom. The molecule has 1 heterocycles. The summed E-state index contributed by atoms with van der Waals surface area (Å²) in [5, 5.41) is 8.92. The zero-order chi connectivity index (χ0) is 12.2. The Kier molecular flexibility index (Phi) is 5.22. The number of likely N-dealkylation sites (tertiary alicyclic amines) is 1. The minimum absolute atomic E-state index is 0.276. The fourth-order valence-electron chi connectivity index (χ4n) is 2.53. The number of likely N-dealkylation sites (N-methyl/N-ethyl adjacent to an activating group) is 1. The molecule has 0 bridgehead atoms. The molecule has 0 atom stereocenters. The Morgan fingerprint density at radius 2 is 1.81 bits per heavy atom. The van der Waals surface area contributed by atoms with Gasteiger partial charge in [0.1, 0.15) is 0 Å². The van der Waals surface area contributed by atoms with Gasteiger partial charge in [0.2, 0.25) is 0 Å². The molecule has 1 fully saturated rings. The summed E-state index contributed by atoms with van der Waals surface area (Å²) < 4.78 is 0. The zero-order valence-electron chi connectivity index (χ0n) is 11.4. The van der Waals surface area contributed by atoms with E-state index in [1.807, 2.05) is 0 Å². The maximum Gasteiger partial charge on any atom is 0.0558 e. The van der Waals surface area contributed by atoms with E-state index < -0.39 is 0 Å². The third kappa shape index (κ3) is 4.81. The van der Waals surface area contributed by atoms with Crippen molar-refractivity contribution in [1.82, 2.24) is 9.80 Å². The van der Waals surface area contributed by atoms with Crippen molar-refractivity contribution in [3.05, 3.63) is 0 Å². The molecule has 3 heteroatoms. The summed E-state index contributed by atoms with van der Waals surface area (Å²) in [6, 6.07) is 0.670. The van der Waals surface area contributed by atoms with Gasteiger partial charge in [0.05, 0.1) is 6.61 Å². The Hall–Kier alpha value is -0.120. The first-order valence-corrected chi connectivity index (χ1v) is 6.46. The molecule has 0 saturated carbocycles. The maximum absolute atomic E-state index is 8.92.